The van der Waals surface area contributed by atoms with Gasteiger partial charge in [0.1, 0.15) is 5.70 Å². The van der Waals surface area contributed by atoms with Crippen molar-refractivity contribution in [3.8, 4) is 0 Å². The zero-order chi connectivity index (χ0) is 13.3. The van der Waals surface area contributed by atoms with E-state index in [4.69, 9.17) is 5.11 Å². The molecule has 0 radical (unpaired) electrons. The maximum atomic E-state index is 12.3. The Balaban J connectivity index is 2.68. The predicted octanol–water partition coefficient (Wildman–Crippen LogP) is 1.53. The summed E-state index contributed by atoms with van der Waals surface area (Å²) in [5.74, 6) is -1.23. The van der Waals surface area contributed by atoms with Gasteiger partial charge < -0.3 is 5.11 Å². The van der Waals surface area contributed by atoms with Crippen LogP contribution in [-0.4, -0.2) is 30.3 Å². The number of hydrogen-bond donors (Lipinski definition) is 1. The predicted molar refractivity (Wildman–Crippen MR) is 66.2 cm³/mol. The van der Waals surface area contributed by atoms with E-state index in [9.17, 15) is 13.2 Å². The van der Waals surface area contributed by atoms with Crippen molar-refractivity contribution in [2.45, 2.75) is 18.2 Å². The van der Waals surface area contributed by atoms with E-state index in [1.807, 2.05) is 0 Å². The minimum atomic E-state index is -3.75. The quantitative estimate of drug-likeness (QED) is 0.901. The lowest BCUT2D eigenvalue weighted by molar-refractivity contribution is -0.133. The van der Waals surface area contributed by atoms with Gasteiger partial charge in [0.2, 0.25) is 0 Å². The van der Waals surface area contributed by atoms with Crippen molar-refractivity contribution in [3.05, 3.63) is 35.5 Å². The molecule has 0 atom stereocenters. The summed E-state index contributed by atoms with van der Waals surface area (Å²) in [6.45, 7) is 1.96. The molecule has 0 saturated heterocycles. The van der Waals surface area contributed by atoms with Crippen LogP contribution in [0.3, 0.4) is 0 Å². The Morgan fingerprint density at radius 1 is 1.33 bits per heavy atom. The Bertz CT molecular complexity index is 619. The molecule has 0 amide bonds. The molecular formula is C12H13NO4S. The average Bonchev–Trinajstić information content (AvgIpc) is 2.32. The number of benzene rings is 1. The topological polar surface area (TPSA) is 74.7 Å². The lowest BCUT2D eigenvalue weighted by atomic mass is 10.2. The molecule has 18 heavy (non-hydrogen) atoms. The molecule has 0 bridgehead atoms. The number of nitrogens with zero attached hydrogens (tertiary/aromatic N) is 1. The summed E-state index contributed by atoms with van der Waals surface area (Å²) in [6, 6.07) is 6.39. The van der Waals surface area contributed by atoms with Gasteiger partial charge in [0.05, 0.1) is 4.90 Å². The fourth-order valence-corrected chi connectivity index (χ4v) is 3.64. The standard InChI is InChI=1S/C12H13NO4S/c1-2-7-13-10(12(14)15)8-9-5-3-4-6-11(9)18(13,16)17/h3-6,8H,2,7H2,1H3,(H,14,15). The van der Waals surface area contributed by atoms with Gasteiger partial charge in [-0.1, -0.05) is 25.1 Å². The van der Waals surface area contributed by atoms with Gasteiger partial charge in [0.15, 0.2) is 0 Å². The Morgan fingerprint density at radius 3 is 2.61 bits per heavy atom. The number of carbonyl (C=O) groups is 1. The number of carboxylic acid groups (broad SMARTS) is 1. The van der Waals surface area contributed by atoms with Crippen LogP contribution in [0.2, 0.25) is 0 Å². The number of sulfonamides is 1. The van der Waals surface area contributed by atoms with Gasteiger partial charge in [-0.15, -0.1) is 0 Å². The van der Waals surface area contributed by atoms with Gasteiger partial charge in [0.25, 0.3) is 10.0 Å². The number of hydrogen-bond acceptors (Lipinski definition) is 3. The number of aliphatic carboxylic acids is 1. The minimum absolute atomic E-state index is 0.156. The summed E-state index contributed by atoms with van der Waals surface area (Å²) < 4.78 is 25.6. The monoisotopic (exact) mass is 267 g/mol. The Hall–Kier alpha value is -1.82. The Morgan fingerprint density at radius 2 is 2.00 bits per heavy atom. The third-order valence-electron chi connectivity index (χ3n) is 2.69. The molecule has 1 heterocycles. The van der Waals surface area contributed by atoms with E-state index in [1.54, 1.807) is 25.1 Å². The van der Waals surface area contributed by atoms with Crippen LogP contribution in [0.25, 0.3) is 6.08 Å². The SMILES string of the molecule is CCCN1C(C(=O)O)=Cc2ccccc2S1(=O)=O. The smallest absolute Gasteiger partial charge is 0.353 e. The van der Waals surface area contributed by atoms with Crippen molar-refractivity contribution < 1.29 is 18.3 Å². The van der Waals surface area contributed by atoms with Gasteiger partial charge >= 0.3 is 5.97 Å². The van der Waals surface area contributed by atoms with E-state index in [1.165, 1.54) is 12.1 Å². The summed E-state index contributed by atoms with van der Waals surface area (Å²) in [7, 11) is -3.75. The molecule has 0 saturated carbocycles. The lowest BCUT2D eigenvalue weighted by Gasteiger charge is -2.28. The normalized spacial score (nSPS) is 16.9. The first-order valence-electron chi connectivity index (χ1n) is 5.55. The minimum Gasteiger partial charge on any atom is -0.477 e. The zero-order valence-electron chi connectivity index (χ0n) is 9.83. The molecule has 1 aliphatic rings. The molecule has 1 aromatic rings. The molecule has 96 valence electrons. The Labute approximate surface area is 105 Å². The molecule has 0 spiro atoms. The van der Waals surface area contributed by atoms with Crippen LogP contribution in [0.1, 0.15) is 18.9 Å². The fourth-order valence-electron chi connectivity index (χ4n) is 1.91. The van der Waals surface area contributed by atoms with Gasteiger partial charge in [-0.2, -0.15) is 0 Å². The second-order valence-corrected chi connectivity index (χ2v) is 5.78. The van der Waals surface area contributed by atoms with E-state index in [0.29, 0.717) is 12.0 Å². The van der Waals surface area contributed by atoms with E-state index < -0.39 is 16.0 Å². The second kappa shape index (κ2) is 4.45. The van der Waals surface area contributed by atoms with Crippen LogP contribution in [0.15, 0.2) is 34.9 Å². The summed E-state index contributed by atoms with van der Waals surface area (Å²) in [5, 5.41) is 9.12. The number of carboxylic acids is 1. The molecule has 1 aromatic carbocycles. The van der Waals surface area contributed by atoms with E-state index in [0.717, 1.165) is 4.31 Å². The van der Waals surface area contributed by atoms with Crippen molar-refractivity contribution in [2.75, 3.05) is 6.54 Å². The fraction of sp³-hybridized carbons (Fsp3) is 0.250. The molecule has 0 unspecified atom stereocenters. The highest BCUT2D eigenvalue weighted by molar-refractivity contribution is 7.89. The maximum Gasteiger partial charge on any atom is 0.353 e. The molecule has 0 fully saturated rings. The van der Waals surface area contributed by atoms with Gasteiger partial charge in [-0.3, -0.25) is 4.31 Å². The van der Waals surface area contributed by atoms with Crippen LogP contribution in [0.4, 0.5) is 0 Å². The van der Waals surface area contributed by atoms with Gasteiger partial charge in [0, 0.05) is 6.54 Å². The number of rotatable bonds is 3. The van der Waals surface area contributed by atoms with Gasteiger partial charge in [-0.05, 0) is 24.1 Å². The maximum absolute atomic E-state index is 12.3. The molecule has 5 nitrogen and oxygen atoms in total. The first-order chi connectivity index (χ1) is 8.48. The van der Waals surface area contributed by atoms with Crippen molar-refractivity contribution in [2.24, 2.45) is 0 Å². The van der Waals surface area contributed by atoms with Crippen LogP contribution in [0, 0.1) is 0 Å². The Kier molecular flexibility index (Phi) is 3.13. The second-order valence-electron chi connectivity index (χ2n) is 3.95. The lowest BCUT2D eigenvalue weighted by Crippen LogP contribution is -2.36. The summed E-state index contributed by atoms with van der Waals surface area (Å²) in [5.41, 5.74) is 0.220. The van der Waals surface area contributed by atoms with Crippen molar-refractivity contribution in [1.29, 1.82) is 0 Å². The van der Waals surface area contributed by atoms with Gasteiger partial charge in [-0.25, -0.2) is 13.2 Å². The highest BCUT2D eigenvalue weighted by Crippen LogP contribution is 2.31. The number of fused-ring (bicyclic) bond motifs is 1. The third kappa shape index (κ3) is 1.88. The van der Waals surface area contributed by atoms with Crippen LogP contribution in [-0.2, 0) is 14.8 Å². The molecule has 6 heteroatoms. The van der Waals surface area contributed by atoms with Crippen molar-refractivity contribution in [3.63, 3.8) is 0 Å². The molecule has 1 aliphatic heterocycles. The summed E-state index contributed by atoms with van der Waals surface area (Å²) in [6.07, 6.45) is 1.94. The average molecular weight is 267 g/mol. The van der Waals surface area contributed by atoms with E-state index in [2.05, 4.69) is 0 Å². The third-order valence-corrected chi connectivity index (χ3v) is 4.58. The largest absolute Gasteiger partial charge is 0.477 e. The highest BCUT2D eigenvalue weighted by Gasteiger charge is 2.34. The summed E-state index contributed by atoms with van der Waals surface area (Å²) in [4.78, 5) is 11.3. The van der Waals surface area contributed by atoms with Crippen molar-refractivity contribution in [1.82, 2.24) is 4.31 Å². The van der Waals surface area contributed by atoms with Crippen LogP contribution < -0.4 is 0 Å². The van der Waals surface area contributed by atoms with Crippen LogP contribution in [0.5, 0.6) is 0 Å². The van der Waals surface area contributed by atoms with E-state index >= 15 is 0 Å². The molecular weight excluding hydrogens is 254 g/mol. The summed E-state index contributed by atoms with van der Waals surface area (Å²) >= 11 is 0. The molecule has 2 rings (SSSR count). The van der Waals surface area contributed by atoms with Crippen LogP contribution >= 0.6 is 0 Å². The van der Waals surface area contributed by atoms with E-state index in [-0.39, 0.29) is 17.1 Å². The molecule has 1 N–H and O–H groups in total. The first-order valence-corrected chi connectivity index (χ1v) is 6.99. The van der Waals surface area contributed by atoms with Crippen molar-refractivity contribution >= 4 is 22.1 Å². The first kappa shape index (κ1) is 12.6. The molecule has 0 aromatic heterocycles. The zero-order valence-corrected chi connectivity index (χ0v) is 10.6. The molecule has 0 aliphatic carbocycles. The highest BCUT2D eigenvalue weighted by atomic mass is 32.2.